The van der Waals surface area contributed by atoms with E-state index in [0.29, 0.717) is 22.8 Å². The van der Waals surface area contributed by atoms with E-state index in [2.05, 4.69) is 9.71 Å². The fourth-order valence-electron chi connectivity index (χ4n) is 2.63. The van der Waals surface area contributed by atoms with E-state index in [1.54, 1.807) is 18.2 Å². The number of anilines is 1. The summed E-state index contributed by atoms with van der Waals surface area (Å²) in [5.74, 6) is 0.958. The first-order valence-corrected chi connectivity index (χ1v) is 8.81. The molecule has 7 nitrogen and oxygen atoms in total. The van der Waals surface area contributed by atoms with Gasteiger partial charge in [-0.15, -0.1) is 0 Å². The minimum atomic E-state index is -3.77. The number of imidazole rings is 1. The minimum Gasteiger partial charge on any atom is -0.454 e. The maximum Gasteiger partial charge on any atom is 0.262 e. The molecule has 1 aliphatic rings. The van der Waals surface area contributed by atoms with Crippen molar-refractivity contribution in [3.8, 4) is 11.5 Å². The molecule has 0 saturated carbocycles. The van der Waals surface area contributed by atoms with Gasteiger partial charge in [0, 0.05) is 18.0 Å². The van der Waals surface area contributed by atoms with Gasteiger partial charge in [-0.2, -0.15) is 0 Å². The van der Waals surface area contributed by atoms with Crippen LogP contribution >= 0.6 is 0 Å². The molecule has 3 heterocycles. The van der Waals surface area contributed by atoms with Crippen molar-refractivity contribution in [2.45, 2.75) is 18.7 Å². The Kier molecular flexibility index (Phi) is 3.17. The van der Waals surface area contributed by atoms with Gasteiger partial charge in [0.2, 0.25) is 6.79 Å². The number of pyridine rings is 1. The van der Waals surface area contributed by atoms with Gasteiger partial charge < -0.3 is 13.9 Å². The number of benzene rings is 1. The summed E-state index contributed by atoms with van der Waals surface area (Å²) in [6.07, 6.45) is 1.85. The van der Waals surface area contributed by atoms with Crippen LogP contribution in [0.25, 0.3) is 5.65 Å². The number of rotatable bonds is 3. The van der Waals surface area contributed by atoms with Crippen molar-refractivity contribution in [1.82, 2.24) is 9.38 Å². The second kappa shape index (κ2) is 5.13. The number of hydrogen-bond donors (Lipinski definition) is 1. The van der Waals surface area contributed by atoms with Gasteiger partial charge in [0.1, 0.15) is 0 Å². The largest absolute Gasteiger partial charge is 0.454 e. The quantitative estimate of drug-likeness (QED) is 0.789. The molecule has 0 amide bonds. The van der Waals surface area contributed by atoms with Crippen molar-refractivity contribution >= 4 is 21.4 Å². The maximum atomic E-state index is 12.7. The molecule has 0 aliphatic carbocycles. The van der Waals surface area contributed by atoms with Crippen LogP contribution in [0.4, 0.5) is 5.69 Å². The standard InChI is InChI=1S/C16H15N3O4S/c1-10-11(2)19-7-3-4-13(16(19)17-10)18-24(20,21)12-5-6-14-15(8-12)23-9-22-14/h3-8,18H,9H2,1-2H3. The predicted octanol–water partition coefficient (Wildman–Crippen LogP) is 2.48. The van der Waals surface area contributed by atoms with Gasteiger partial charge in [0.15, 0.2) is 17.1 Å². The Morgan fingerprint density at radius 3 is 2.79 bits per heavy atom. The lowest BCUT2D eigenvalue weighted by molar-refractivity contribution is 0.174. The Bertz CT molecular complexity index is 1060. The molecule has 0 unspecified atom stereocenters. The van der Waals surface area contributed by atoms with Crippen molar-refractivity contribution in [3.63, 3.8) is 0 Å². The van der Waals surface area contributed by atoms with E-state index in [4.69, 9.17) is 9.47 Å². The highest BCUT2D eigenvalue weighted by molar-refractivity contribution is 7.92. The molecule has 0 atom stereocenters. The smallest absolute Gasteiger partial charge is 0.262 e. The Labute approximate surface area is 138 Å². The molecule has 0 radical (unpaired) electrons. The molecule has 124 valence electrons. The summed E-state index contributed by atoms with van der Waals surface area (Å²) in [7, 11) is -3.77. The summed E-state index contributed by atoms with van der Waals surface area (Å²) in [5.41, 5.74) is 2.81. The zero-order valence-electron chi connectivity index (χ0n) is 13.1. The maximum absolute atomic E-state index is 12.7. The zero-order chi connectivity index (χ0) is 16.9. The Morgan fingerprint density at radius 1 is 1.17 bits per heavy atom. The second-order valence-electron chi connectivity index (χ2n) is 5.52. The number of aromatic nitrogens is 2. The number of sulfonamides is 1. The molecular formula is C16H15N3O4S. The van der Waals surface area contributed by atoms with Crippen LogP contribution in [0.1, 0.15) is 11.4 Å². The molecule has 2 aromatic heterocycles. The van der Waals surface area contributed by atoms with E-state index >= 15 is 0 Å². The SMILES string of the molecule is Cc1nc2c(NS(=O)(=O)c3ccc4c(c3)OCO4)cccn2c1C. The second-order valence-corrected chi connectivity index (χ2v) is 7.20. The summed E-state index contributed by atoms with van der Waals surface area (Å²) in [4.78, 5) is 4.54. The van der Waals surface area contributed by atoms with Crippen LogP contribution in [0.2, 0.25) is 0 Å². The van der Waals surface area contributed by atoms with E-state index < -0.39 is 10.0 Å². The monoisotopic (exact) mass is 345 g/mol. The molecule has 24 heavy (non-hydrogen) atoms. The molecular weight excluding hydrogens is 330 g/mol. The molecule has 8 heteroatoms. The topological polar surface area (TPSA) is 81.9 Å². The van der Waals surface area contributed by atoms with Crippen LogP contribution in [0.5, 0.6) is 11.5 Å². The van der Waals surface area contributed by atoms with Crippen molar-refractivity contribution < 1.29 is 17.9 Å². The summed E-state index contributed by atoms with van der Waals surface area (Å²) in [6.45, 7) is 3.92. The first-order chi connectivity index (χ1) is 11.5. The van der Waals surface area contributed by atoms with Gasteiger partial charge in [-0.05, 0) is 38.1 Å². The van der Waals surface area contributed by atoms with Gasteiger partial charge in [0.05, 0.1) is 16.3 Å². The van der Waals surface area contributed by atoms with Crippen molar-refractivity contribution in [2.75, 3.05) is 11.5 Å². The highest BCUT2D eigenvalue weighted by Crippen LogP contribution is 2.34. The zero-order valence-corrected chi connectivity index (χ0v) is 13.9. The molecule has 0 spiro atoms. The fraction of sp³-hybridized carbons (Fsp3) is 0.188. The van der Waals surface area contributed by atoms with Gasteiger partial charge in [-0.1, -0.05) is 0 Å². The van der Waals surface area contributed by atoms with Crippen LogP contribution < -0.4 is 14.2 Å². The molecule has 0 bridgehead atoms. The molecule has 3 aromatic rings. The summed E-state index contributed by atoms with van der Waals surface area (Å²) in [6, 6.07) is 7.98. The lowest BCUT2D eigenvalue weighted by Crippen LogP contribution is -2.13. The Hall–Kier alpha value is -2.74. The highest BCUT2D eigenvalue weighted by Gasteiger charge is 2.21. The van der Waals surface area contributed by atoms with Crippen LogP contribution in [0.15, 0.2) is 41.4 Å². The van der Waals surface area contributed by atoms with Crippen LogP contribution in [0.3, 0.4) is 0 Å². The minimum absolute atomic E-state index is 0.0954. The van der Waals surface area contributed by atoms with Gasteiger partial charge in [0.25, 0.3) is 10.0 Å². The third-order valence-electron chi connectivity index (χ3n) is 4.02. The summed E-state index contributed by atoms with van der Waals surface area (Å²) < 4.78 is 40.3. The number of nitrogens with one attached hydrogen (secondary N) is 1. The molecule has 0 saturated heterocycles. The first-order valence-electron chi connectivity index (χ1n) is 7.32. The predicted molar refractivity (Wildman–Crippen MR) is 88.0 cm³/mol. The van der Waals surface area contributed by atoms with E-state index in [9.17, 15) is 8.42 Å². The van der Waals surface area contributed by atoms with Crippen molar-refractivity contribution in [2.24, 2.45) is 0 Å². The average Bonchev–Trinajstić information content (AvgIpc) is 3.13. The Balaban J connectivity index is 1.76. The normalized spacial score (nSPS) is 13.4. The molecule has 0 fully saturated rings. The van der Waals surface area contributed by atoms with Crippen molar-refractivity contribution in [3.05, 3.63) is 47.9 Å². The van der Waals surface area contributed by atoms with Crippen LogP contribution in [-0.2, 0) is 10.0 Å². The third-order valence-corrected chi connectivity index (χ3v) is 5.39. The Morgan fingerprint density at radius 2 is 1.96 bits per heavy atom. The molecule has 4 rings (SSSR count). The van der Waals surface area contributed by atoms with Crippen LogP contribution in [0, 0.1) is 13.8 Å². The molecule has 1 aromatic carbocycles. The average molecular weight is 345 g/mol. The van der Waals surface area contributed by atoms with E-state index in [0.717, 1.165) is 11.4 Å². The number of ether oxygens (including phenoxy) is 2. The van der Waals surface area contributed by atoms with Gasteiger partial charge in [-0.3, -0.25) is 4.72 Å². The van der Waals surface area contributed by atoms with Crippen molar-refractivity contribution in [1.29, 1.82) is 0 Å². The number of nitrogens with zero attached hydrogens (tertiary/aromatic N) is 2. The summed E-state index contributed by atoms with van der Waals surface area (Å²) in [5, 5.41) is 0. The molecule has 1 N–H and O–H groups in total. The van der Waals surface area contributed by atoms with Gasteiger partial charge >= 0.3 is 0 Å². The first kappa shape index (κ1) is 14.8. The van der Waals surface area contributed by atoms with E-state index in [1.165, 1.54) is 12.1 Å². The van der Waals surface area contributed by atoms with E-state index in [1.807, 2.05) is 24.4 Å². The highest BCUT2D eigenvalue weighted by atomic mass is 32.2. The number of fused-ring (bicyclic) bond motifs is 2. The van der Waals surface area contributed by atoms with Crippen LogP contribution in [-0.4, -0.2) is 24.6 Å². The van der Waals surface area contributed by atoms with Gasteiger partial charge in [-0.25, -0.2) is 13.4 Å². The lowest BCUT2D eigenvalue weighted by atomic mass is 10.3. The fourth-order valence-corrected chi connectivity index (χ4v) is 3.70. The lowest BCUT2D eigenvalue weighted by Gasteiger charge is -2.10. The third kappa shape index (κ3) is 2.26. The van der Waals surface area contributed by atoms with E-state index in [-0.39, 0.29) is 11.7 Å². The summed E-state index contributed by atoms with van der Waals surface area (Å²) >= 11 is 0. The number of hydrogen-bond acceptors (Lipinski definition) is 5. The molecule has 1 aliphatic heterocycles. The number of aryl methyl sites for hydroxylation is 2.